The summed E-state index contributed by atoms with van der Waals surface area (Å²) >= 11 is 0. The van der Waals surface area contributed by atoms with E-state index in [-0.39, 0.29) is 11.7 Å². The predicted octanol–water partition coefficient (Wildman–Crippen LogP) is 1.47. The molecule has 0 saturated heterocycles. The van der Waals surface area contributed by atoms with Crippen molar-refractivity contribution in [1.82, 2.24) is 10.6 Å². The number of urea groups is 1. The summed E-state index contributed by atoms with van der Waals surface area (Å²) < 4.78 is 10.5. The van der Waals surface area contributed by atoms with Gasteiger partial charge in [0.05, 0.1) is 11.7 Å². The molecule has 1 aromatic rings. The minimum atomic E-state index is -1.09. The van der Waals surface area contributed by atoms with Gasteiger partial charge in [0.2, 0.25) is 0 Å². The van der Waals surface area contributed by atoms with E-state index >= 15 is 0 Å². The molecule has 1 rings (SSSR count). The standard InChI is InChI=1S/C15H20N2O5/c1-9(2)21-12-7-5-11(6-8-12)14(19)22-10(3)13(18)17-15(20)16-4/h5-10H,1-4H3,(H2,16,17,18,20)/t10-/m1/s1. The molecule has 0 aromatic heterocycles. The largest absolute Gasteiger partial charge is 0.491 e. The number of nitrogens with one attached hydrogen (secondary N) is 2. The maximum absolute atomic E-state index is 11.9. The van der Waals surface area contributed by atoms with Crippen LogP contribution in [0, 0.1) is 0 Å². The van der Waals surface area contributed by atoms with Crippen molar-refractivity contribution < 1.29 is 23.9 Å². The zero-order chi connectivity index (χ0) is 16.7. The SMILES string of the molecule is CNC(=O)NC(=O)[C@@H](C)OC(=O)c1ccc(OC(C)C)cc1. The molecule has 7 heteroatoms. The van der Waals surface area contributed by atoms with Crippen LogP contribution in [0.15, 0.2) is 24.3 Å². The lowest BCUT2D eigenvalue weighted by atomic mass is 10.2. The van der Waals surface area contributed by atoms with Crippen molar-refractivity contribution in [2.45, 2.75) is 33.0 Å². The van der Waals surface area contributed by atoms with Gasteiger partial charge in [-0.25, -0.2) is 9.59 Å². The van der Waals surface area contributed by atoms with Crippen molar-refractivity contribution in [3.63, 3.8) is 0 Å². The van der Waals surface area contributed by atoms with Crippen molar-refractivity contribution in [2.75, 3.05) is 7.05 Å². The zero-order valence-corrected chi connectivity index (χ0v) is 13.0. The smallest absolute Gasteiger partial charge is 0.338 e. The van der Waals surface area contributed by atoms with Gasteiger partial charge in [-0.15, -0.1) is 0 Å². The Morgan fingerprint density at radius 3 is 2.14 bits per heavy atom. The maximum atomic E-state index is 11.9. The molecule has 0 aliphatic carbocycles. The maximum Gasteiger partial charge on any atom is 0.338 e. The number of hydrogen-bond acceptors (Lipinski definition) is 5. The molecular weight excluding hydrogens is 288 g/mol. The van der Waals surface area contributed by atoms with Crippen LogP contribution < -0.4 is 15.4 Å². The molecule has 0 bridgehead atoms. The first-order valence-corrected chi connectivity index (χ1v) is 6.83. The summed E-state index contributed by atoms with van der Waals surface area (Å²) in [4.78, 5) is 34.5. The summed E-state index contributed by atoms with van der Waals surface area (Å²) in [7, 11) is 1.38. The van der Waals surface area contributed by atoms with Gasteiger partial charge in [-0.1, -0.05) is 0 Å². The monoisotopic (exact) mass is 308 g/mol. The van der Waals surface area contributed by atoms with Crippen molar-refractivity contribution in [1.29, 1.82) is 0 Å². The van der Waals surface area contributed by atoms with E-state index in [0.717, 1.165) is 0 Å². The summed E-state index contributed by atoms with van der Waals surface area (Å²) in [6, 6.07) is 5.72. The summed E-state index contributed by atoms with van der Waals surface area (Å²) in [6.45, 7) is 5.18. The Labute approximate surface area is 129 Å². The molecule has 1 aromatic carbocycles. The van der Waals surface area contributed by atoms with Crippen molar-refractivity contribution in [3.05, 3.63) is 29.8 Å². The molecule has 0 spiro atoms. The Kier molecular flexibility index (Phi) is 6.37. The Bertz CT molecular complexity index is 539. The first-order chi connectivity index (χ1) is 10.3. The lowest BCUT2D eigenvalue weighted by Gasteiger charge is -2.13. The van der Waals surface area contributed by atoms with E-state index in [2.05, 4.69) is 5.32 Å². The Hall–Kier alpha value is -2.57. The van der Waals surface area contributed by atoms with E-state index in [1.54, 1.807) is 24.3 Å². The fourth-order valence-electron chi connectivity index (χ4n) is 1.50. The number of hydrogen-bond donors (Lipinski definition) is 2. The number of rotatable bonds is 5. The molecule has 1 atom stereocenters. The van der Waals surface area contributed by atoms with Crippen LogP contribution in [0.3, 0.4) is 0 Å². The van der Waals surface area contributed by atoms with Gasteiger partial charge >= 0.3 is 12.0 Å². The third kappa shape index (κ3) is 5.43. The van der Waals surface area contributed by atoms with Gasteiger partial charge in [0.15, 0.2) is 6.10 Å². The molecule has 0 heterocycles. The van der Waals surface area contributed by atoms with E-state index in [0.29, 0.717) is 5.75 Å². The molecule has 22 heavy (non-hydrogen) atoms. The normalized spacial score (nSPS) is 11.5. The van der Waals surface area contributed by atoms with Crippen LogP contribution in [-0.4, -0.2) is 37.2 Å². The van der Waals surface area contributed by atoms with Gasteiger partial charge in [0, 0.05) is 7.05 Å². The average molecular weight is 308 g/mol. The second kappa shape index (κ2) is 8.02. The zero-order valence-electron chi connectivity index (χ0n) is 13.0. The topological polar surface area (TPSA) is 93.7 Å². The van der Waals surface area contributed by atoms with Gasteiger partial charge in [-0.2, -0.15) is 0 Å². The second-order valence-electron chi connectivity index (χ2n) is 4.81. The van der Waals surface area contributed by atoms with Crippen molar-refractivity contribution in [3.8, 4) is 5.75 Å². The highest BCUT2D eigenvalue weighted by molar-refractivity contribution is 5.98. The van der Waals surface area contributed by atoms with E-state index in [9.17, 15) is 14.4 Å². The highest BCUT2D eigenvalue weighted by Crippen LogP contribution is 2.15. The van der Waals surface area contributed by atoms with Gasteiger partial charge < -0.3 is 14.8 Å². The number of carbonyl (C=O) groups excluding carboxylic acids is 3. The number of amides is 3. The molecule has 120 valence electrons. The molecule has 2 N–H and O–H groups in total. The van der Waals surface area contributed by atoms with Crippen LogP contribution in [0.25, 0.3) is 0 Å². The molecule has 0 saturated carbocycles. The predicted molar refractivity (Wildman–Crippen MR) is 79.7 cm³/mol. The molecule has 0 radical (unpaired) electrons. The van der Waals surface area contributed by atoms with Gasteiger partial charge in [-0.3, -0.25) is 10.1 Å². The Morgan fingerprint density at radius 1 is 1.05 bits per heavy atom. The number of benzene rings is 1. The first kappa shape index (κ1) is 17.5. The van der Waals surface area contributed by atoms with E-state index in [4.69, 9.17) is 9.47 Å². The van der Waals surface area contributed by atoms with Crippen LogP contribution in [0.4, 0.5) is 4.79 Å². The first-order valence-electron chi connectivity index (χ1n) is 6.83. The minimum absolute atomic E-state index is 0.0335. The molecule has 7 nitrogen and oxygen atoms in total. The number of esters is 1. The summed E-state index contributed by atoms with van der Waals surface area (Å²) in [5, 5.41) is 4.26. The van der Waals surface area contributed by atoms with E-state index in [1.807, 2.05) is 19.2 Å². The highest BCUT2D eigenvalue weighted by atomic mass is 16.5. The Morgan fingerprint density at radius 2 is 1.64 bits per heavy atom. The van der Waals surface area contributed by atoms with E-state index < -0.39 is 24.0 Å². The van der Waals surface area contributed by atoms with Gasteiger partial charge in [0.1, 0.15) is 5.75 Å². The van der Waals surface area contributed by atoms with Crippen LogP contribution >= 0.6 is 0 Å². The van der Waals surface area contributed by atoms with Gasteiger partial charge in [0.25, 0.3) is 5.91 Å². The molecule has 3 amide bonds. The van der Waals surface area contributed by atoms with Crippen LogP contribution in [0.2, 0.25) is 0 Å². The third-order valence-electron chi connectivity index (χ3n) is 2.58. The number of imide groups is 1. The van der Waals surface area contributed by atoms with Crippen molar-refractivity contribution >= 4 is 17.9 Å². The fourth-order valence-corrected chi connectivity index (χ4v) is 1.50. The molecule has 0 aliphatic heterocycles. The highest BCUT2D eigenvalue weighted by Gasteiger charge is 2.20. The lowest BCUT2D eigenvalue weighted by Crippen LogP contribution is -2.43. The lowest BCUT2D eigenvalue weighted by molar-refractivity contribution is -0.127. The van der Waals surface area contributed by atoms with E-state index in [1.165, 1.54) is 14.0 Å². The van der Waals surface area contributed by atoms with Crippen molar-refractivity contribution in [2.24, 2.45) is 0 Å². The van der Waals surface area contributed by atoms with Gasteiger partial charge in [-0.05, 0) is 45.0 Å². The molecule has 0 unspecified atom stereocenters. The Balaban J connectivity index is 2.60. The van der Waals surface area contributed by atoms with Crippen LogP contribution in [-0.2, 0) is 9.53 Å². The summed E-state index contributed by atoms with van der Waals surface area (Å²) in [5.41, 5.74) is 0.288. The minimum Gasteiger partial charge on any atom is -0.491 e. The fraction of sp³-hybridized carbons (Fsp3) is 0.400. The molecule has 0 aliphatic rings. The number of ether oxygens (including phenoxy) is 2. The molecule has 0 fully saturated rings. The number of carbonyl (C=O) groups is 3. The molecular formula is C15H20N2O5. The average Bonchev–Trinajstić information content (AvgIpc) is 2.46. The second-order valence-corrected chi connectivity index (χ2v) is 4.81. The quantitative estimate of drug-likeness (QED) is 0.803. The van der Waals surface area contributed by atoms with Crippen LogP contribution in [0.5, 0.6) is 5.75 Å². The summed E-state index contributed by atoms with van der Waals surface area (Å²) in [5.74, 6) is -0.722. The summed E-state index contributed by atoms with van der Waals surface area (Å²) in [6.07, 6.45) is -1.05. The third-order valence-corrected chi connectivity index (χ3v) is 2.58. The van der Waals surface area contributed by atoms with Crippen LogP contribution in [0.1, 0.15) is 31.1 Å².